The summed E-state index contributed by atoms with van der Waals surface area (Å²) in [4.78, 5) is 12.3. The molecular weight excluding hydrogens is 382 g/mol. The van der Waals surface area contributed by atoms with Gasteiger partial charge in [-0.2, -0.15) is 0 Å². The predicted octanol–water partition coefficient (Wildman–Crippen LogP) is 5.33. The van der Waals surface area contributed by atoms with Crippen molar-refractivity contribution in [3.05, 3.63) is 62.0 Å². The number of aryl methyl sites for hydroxylation is 2. The zero-order valence-electron chi connectivity index (χ0n) is 11.3. The van der Waals surface area contributed by atoms with Crippen molar-refractivity contribution in [2.75, 3.05) is 5.32 Å². The van der Waals surface area contributed by atoms with Crippen molar-refractivity contribution < 1.29 is 4.79 Å². The summed E-state index contributed by atoms with van der Waals surface area (Å²) in [6.45, 7) is 4.04. The first-order valence-corrected chi connectivity index (χ1v) is 7.95. The van der Waals surface area contributed by atoms with Gasteiger partial charge >= 0.3 is 0 Å². The molecule has 2 aromatic rings. The third-order valence-electron chi connectivity index (χ3n) is 3.00. The third-order valence-corrected chi connectivity index (χ3v) is 3.95. The van der Waals surface area contributed by atoms with Crippen LogP contribution in [0.4, 0.5) is 5.69 Å². The summed E-state index contributed by atoms with van der Waals surface area (Å²) >= 11 is 6.87. The topological polar surface area (TPSA) is 29.1 Å². The largest absolute Gasteiger partial charge is 0.322 e. The van der Waals surface area contributed by atoms with E-state index < -0.39 is 0 Å². The maximum absolute atomic E-state index is 12.3. The van der Waals surface area contributed by atoms with Gasteiger partial charge < -0.3 is 5.32 Å². The minimum Gasteiger partial charge on any atom is -0.322 e. The van der Waals surface area contributed by atoms with Crippen LogP contribution in [0.2, 0.25) is 0 Å². The molecule has 0 saturated heterocycles. The summed E-state index contributed by atoms with van der Waals surface area (Å²) in [5, 5.41) is 2.98. The number of carbonyl (C=O) groups is 1. The number of hydrogen-bond acceptors (Lipinski definition) is 1. The summed E-state index contributed by atoms with van der Waals surface area (Å²) in [5.74, 6) is -0.0913. The summed E-state index contributed by atoms with van der Waals surface area (Å²) in [6, 6.07) is 11.6. The molecule has 20 heavy (non-hydrogen) atoms. The first kappa shape index (κ1) is 15.3. The van der Waals surface area contributed by atoms with Crippen LogP contribution in [0.25, 0.3) is 0 Å². The number of amides is 1. The van der Waals surface area contributed by atoms with Gasteiger partial charge in [0.1, 0.15) is 0 Å². The average Bonchev–Trinajstić information content (AvgIpc) is 2.39. The molecular formula is C16H15Br2NO. The van der Waals surface area contributed by atoms with Gasteiger partial charge in [0.25, 0.3) is 5.91 Å². The van der Waals surface area contributed by atoms with Gasteiger partial charge in [-0.1, -0.05) is 38.8 Å². The lowest BCUT2D eigenvalue weighted by atomic mass is 10.1. The Morgan fingerprint density at radius 3 is 2.50 bits per heavy atom. The summed E-state index contributed by atoms with van der Waals surface area (Å²) < 4.78 is 1.93. The number of hydrogen-bond donors (Lipinski definition) is 1. The number of rotatable bonds is 3. The third kappa shape index (κ3) is 3.70. The molecule has 1 N–H and O–H groups in total. The molecule has 0 spiro atoms. The molecule has 0 aliphatic rings. The quantitative estimate of drug-likeness (QED) is 0.745. The van der Waals surface area contributed by atoms with Crippen molar-refractivity contribution in [1.82, 2.24) is 0 Å². The second kappa shape index (κ2) is 6.55. The highest BCUT2D eigenvalue weighted by atomic mass is 79.9. The van der Waals surface area contributed by atoms with Crippen molar-refractivity contribution in [1.29, 1.82) is 0 Å². The van der Waals surface area contributed by atoms with Crippen LogP contribution in [0.5, 0.6) is 0 Å². The van der Waals surface area contributed by atoms with Gasteiger partial charge in [-0.05, 0) is 60.9 Å². The summed E-state index contributed by atoms with van der Waals surface area (Å²) in [7, 11) is 0. The number of nitrogens with one attached hydrogen (secondary N) is 1. The van der Waals surface area contributed by atoms with E-state index in [9.17, 15) is 4.79 Å². The molecule has 0 aliphatic heterocycles. The van der Waals surface area contributed by atoms with Gasteiger partial charge in [0.2, 0.25) is 0 Å². The fourth-order valence-electron chi connectivity index (χ4n) is 2.04. The van der Waals surface area contributed by atoms with Crippen LogP contribution in [0.1, 0.15) is 28.4 Å². The summed E-state index contributed by atoms with van der Waals surface area (Å²) in [5.41, 5.74) is 3.68. The van der Waals surface area contributed by atoms with Gasteiger partial charge in [-0.3, -0.25) is 4.79 Å². The second-order valence-corrected chi connectivity index (χ2v) is 6.46. The Balaban J connectivity index is 2.27. The lowest BCUT2D eigenvalue weighted by molar-refractivity contribution is 0.102. The van der Waals surface area contributed by atoms with E-state index in [2.05, 4.69) is 44.1 Å². The molecule has 2 aromatic carbocycles. The molecule has 1 amide bonds. The van der Waals surface area contributed by atoms with Crippen molar-refractivity contribution >= 4 is 43.5 Å². The van der Waals surface area contributed by atoms with Crippen LogP contribution < -0.4 is 5.32 Å². The molecule has 2 rings (SSSR count). The van der Waals surface area contributed by atoms with Crippen molar-refractivity contribution in [3.8, 4) is 0 Å². The molecule has 104 valence electrons. The zero-order chi connectivity index (χ0) is 14.7. The lowest BCUT2D eigenvalue weighted by Gasteiger charge is -2.11. The molecule has 4 heteroatoms. The Morgan fingerprint density at radius 2 is 1.85 bits per heavy atom. The standard InChI is InChI=1S/C16H15Br2NO/c1-3-11-8-13(17)4-5-15(11)19-16(20)12-6-10(2)7-14(18)9-12/h4-9H,3H2,1-2H3,(H,19,20). The molecule has 0 atom stereocenters. The van der Waals surface area contributed by atoms with Crippen molar-refractivity contribution in [3.63, 3.8) is 0 Å². The highest BCUT2D eigenvalue weighted by Crippen LogP contribution is 2.23. The smallest absolute Gasteiger partial charge is 0.255 e. The molecule has 0 radical (unpaired) electrons. The van der Waals surface area contributed by atoms with Gasteiger partial charge in [-0.15, -0.1) is 0 Å². The normalized spacial score (nSPS) is 10.4. The van der Waals surface area contributed by atoms with E-state index in [1.165, 1.54) is 0 Å². The van der Waals surface area contributed by atoms with Crippen LogP contribution in [-0.4, -0.2) is 5.91 Å². The second-order valence-electron chi connectivity index (χ2n) is 4.63. The number of anilines is 1. The maximum Gasteiger partial charge on any atom is 0.255 e. The highest BCUT2D eigenvalue weighted by Gasteiger charge is 2.10. The Kier molecular flexibility index (Phi) is 5.00. The lowest BCUT2D eigenvalue weighted by Crippen LogP contribution is -2.13. The molecule has 0 unspecified atom stereocenters. The minimum absolute atomic E-state index is 0.0913. The Bertz CT molecular complexity index is 633. The van der Waals surface area contributed by atoms with E-state index >= 15 is 0 Å². The van der Waals surface area contributed by atoms with Crippen LogP contribution in [-0.2, 0) is 6.42 Å². The average molecular weight is 397 g/mol. The van der Waals surface area contributed by atoms with Crippen LogP contribution in [0.15, 0.2) is 45.3 Å². The molecule has 0 heterocycles. The van der Waals surface area contributed by atoms with E-state index in [-0.39, 0.29) is 5.91 Å². The number of carbonyl (C=O) groups excluding carboxylic acids is 1. The first-order chi connectivity index (χ1) is 9.49. The molecule has 0 fully saturated rings. The van der Waals surface area contributed by atoms with Gasteiger partial charge in [0.05, 0.1) is 0 Å². The number of benzene rings is 2. The van der Waals surface area contributed by atoms with E-state index in [0.717, 1.165) is 32.2 Å². The highest BCUT2D eigenvalue weighted by molar-refractivity contribution is 9.10. The Morgan fingerprint density at radius 1 is 1.10 bits per heavy atom. The fraction of sp³-hybridized carbons (Fsp3) is 0.188. The SMILES string of the molecule is CCc1cc(Br)ccc1NC(=O)c1cc(C)cc(Br)c1. The van der Waals surface area contributed by atoms with E-state index in [4.69, 9.17) is 0 Å². The predicted molar refractivity (Wildman–Crippen MR) is 90.4 cm³/mol. The molecule has 0 saturated carbocycles. The first-order valence-electron chi connectivity index (χ1n) is 6.36. The van der Waals surface area contributed by atoms with Crippen LogP contribution >= 0.6 is 31.9 Å². The van der Waals surface area contributed by atoms with Crippen molar-refractivity contribution in [2.24, 2.45) is 0 Å². The Hall–Kier alpha value is -1.13. The summed E-state index contributed by atoms with van der Waals surface area (Å²) in [6.07, 6.45) is 0.868. The van der Waals surface area contributed by atoms with E-state index in [1.54, 1.807) is 0 Å². The van der Waals surface area contributed by atoms with Crippen LogP contribution in [0, 0.1) is 6.92 Å². The molecule has 2 nitrogen and oxygen atoms in total. The fourth-order valence-corrected chi connectivity index (χ4v) is 3.05. The number of halogens is 2. The van der Waals surface area contributed by atoms with Gasteiger partial charge in [0.15, 0.2) is 0 Å². The van der Waals surface area contributed by atoms with Crippen LogP contribution in [0.3, 0.4) is 0 Å². The van der Waals surface area contributed by atoms with Gasteiger partial charge in [0, 0.05) is 20.2 Å². The molecule has 0 aromatic heterocycles. The maximum atomic E-state index is 12.3. The Labute approximate surface area is 135 Å². The minimum atomic E-state index is -0.0913. The van der Waals surface area contributed by atoms with E-state index in [0.29, 0.717) is 5.56 Å². The molecule has 0 bridgehead atoms. The van der Waals surface area contributed by atoms with Crippen molar-refractivity contribution in [2.45, 2.75) is 20.3 Å². The molecule has 0 aliphatic carbocycles. The zero-order valence-corrected chi connectivity index (χ0v) is 14.5. The monoisotopic (exact) mass is 395 g/mol. The van der Waals surface area contributed by atoms with E-state index in [1.807, 2.05) is 43.3 Å². The van der Waals surface area contributed by atoms with Gasteiger partial charge in [-0.25, -0.2) is 0 Å².